The molecule has 0 saturated heterocycles. The highest BCUT2D eigenvalue weighted by Crippen LogP contribution is 2.21. The summed E-state index contributed by atoms with van der Waals surface area (Å²) < 4.78 is 5.84. The Morgan fingerprint density at radius 3 is 3.00 bits per heavy atom. The molecule has 0 aliphatic rings. The van der Waals surface area contributed by atoms with Crippen LogP contribution in [0.4, 0.5) is 5.82 Å². The van der Waals surface area contributed by atoms with Crippen LogP contribution in [0.1, 0.15) is 4.88 Å². The van der Waals surface area contributed by atoms with E-state index in [0.29, 0.717) is 5.88 Å². The molecule has 0 aliphatic heterocycles. The third-order valence-corrected chi connectivity index (χ3v) is 3.45. The number of halogens is 1. The molecule has 2 aromatic heterocycles. The zero-order valence-electron chi connectivity index (χ0n) is 9.31. The monoisotopic (exact) mass is 269 g/mol. The van der Waals surface area contributed by atoms with Crippen molar-refractivity contribution < 1.29 is 4.74 Å². The topological polar surface area (TPSA) is 47.0 Å². The lowest BCUT2D eigenvalue weighted by molar-refractivity contribution is 0.397. The molecule has 1 N–H and O–H groups in total. The molecule has 0 radical (unpaired) electrons. The van der Waals surface area contributed by atoms with Crippen molar-refractivity contribution in [3.05, 3.63) is 33.7 Å². The SMILES string of the molecule is COc1cc(NCCc2ccc(Cl)s2)ncn1. The van der Waals surface area contributed by atoms with Crippen molar-refractivity contribution in [2.24, 2.45) is 0 Å². The molecule has 0 bridgehead atoms. The van der Waals surface area contributed by atoms with Crippen molar-refractivity contribution in [2.45, 2.75) is 6.42 Å². The lowest BCUT2D eigenvalue weighted by atomic mass is 10.3. The number of anilines is 1. The fraction of sp³-hybridized carbons (Fsp3) is 0.273. The third kappa shape index (κ3) is 3.57. The second-order valence-corrected chi connectivity index (χ2v) is 5.13. The molecule has 0 unspecified atom stereocenters. The van der Waals surface area contributed by atoms with E-state index < -0.39 is 0 Å². The summed E-state index contributed by atoms with van der Waals surface area (Å²) >= 11 is 7.46. The normalized spacial score (nSPS) is 10.2. The Bertz CT molecular complexity index is 489. The van der Waals surface area contributed by atoms with E-state index in [9.17, 15) is 0 Å². The number of ether oxygens (including phenoxy) is 1. The molecule has 90 valence electrons. The van der Waals surface area contributed by atoms with Crippen molar-refractivity contribution in [1.82, 2.24) is 9.97 Å². The highest BCUT2D eigenvalue weighted by Gasteiger charge is 2.00. The minimum absolute atomic E-state index is 0.557. The summed E-state index contributed by atoms with van der Waals surface area (Å²) in [5.41, 5.74) is 0. The Morgan fingerprint density at radius 1 is 1.41 bits per heavy atom. The van der Waals surface area contributed by atoms with Crippen LogP contribution in [0.5, 0.6) is 5.88 Å². The van der Waals surface area contributed by atoms with Gasteiger partial charge in [-0.2, -0.15) is 0 Å². The molecule has 2 aromatic rings. The number of hydrogen-bond acceptors (Lipinski definition) is 5. The van der Waals surface area contributed by atoms with Gasteiger partial charge in [0.05, 0.1) is 11.4 Å². The summed E-state index contributed by atoms with van der Waals surface area (Å²) in [6.45, 7) is 0.803. The first-order valence-corrected chi connectivity index (χ1v) is 6.31. The fourth-order valence-electron chi connectivity index (χ4n) is 1.35. The number of nitrogens with one attached hydrogen (secondary N) is 1. The van der Waals surface area contributed by atoms with Gasteiger partial charge in [-0.15, -0.1) is 11.3 Å². The van der Waals surface area contributed by atoms with Gasteiger partial charge in [0.2, 0.25) is 5.88 Å². The van der Waals surface area contributed by atoms with Crippen LogP contribution in [0.15, 0.2) is 24.5 Å². The Morgan fingerprint density at radius 2 is 2.29 bits per heavy atom. The van der Waals surface area contributed by atoms with E-state index in [-0.39, 0.29) is 0 Å². The Hall–Kier alpha value is -1.33. The van der Waals surface area contributed by atoms with Gasteiger partial charge in [-0.05, 0) is 18.6 Å². The number of rotatable bonds is 5. The molecule has 0 spiro atoms. The summed E-state index contributed by atoms with van der Waals surface area (Å²) in [7, 11) is 1.58. The smallest absolute Gasteiger partial charge is 0.218 e. The summed E-state index contributed by atoms with van der Waals surface area (Å²) in [5, 5.41) is 3.21. The first-order valence-electron chi connectivity index (χ1n) is 5.12. The van der Waals surface area contributed by atoms with Crippen LogP contribution in [0.2, 0.25) is 4.34 Å². The maximum atomic E-state index is 5.86. The van der Waals surface area contributed by atoms with E-state index in [1.807, 2.05) is 12.1 Å². The van der Waals surface area contributed by atoms with E-state index in [1.165, 1.54) is 11.2 Å². The lowest BCUT2D eigenvalue weighted by Crippen LogP contribution is -2.05. The maximum absolute atomic E-state index is 5.86. The minimum Gasteiger partial charge on any atom is -0.481 e. The van der Waals surface area contributed by atoms with E-state index in [0.717, 1.165) is 23.1 Å². The average molecular weight is 270 g/mol. The zero-order valence-corrected chi connectivity index (χ0v) is 10.9. The van der Waals surface area contributed by atoms with E-state index in [1.54, 1.807) is 24.5 Å². The predicted octanol–water partition coefficient (Wildman–Crippen LogP) is 2.85. The summed E-state index contributed by atoms with van der Waals surface area (Å²) in [6.07, 6.45) is 2.40. The average Bonchev–Trinajstić information content (AvgIpc) is 2.75. The van der Waals surface area contributed by atoms with Crippen LogP contribution in [0.3, 0.4) is 0 Å². The molecule has 6 heteroatoms. The molecule has 0 amide bonds. The number of methoxy groups -OCH3 is 1. The van der Waals surface area contributed by atoms with Crippen LogP contribution < -0.4 is 10.1 Å². The van der Waals surface area contributed by atoms with Gasteiger partial charge in [0.1, 0.15) is 12.1 Å². The molecule has 0 atom stereocenters. The molecular formula is C11H12ClN3OS. The van der Waals surface area contributed by atoms with E-state index >= 15 is 0 Å². The van der Waals surface area contributed by atoms with Gasteiger partial charge in [-0.25, -0.2) is 9.97 Å². The Labute approximate surface area is 109 Å². The van der Waals surface area contributed by atoms with Gasteiger partial charge in [-0.1, -0.05) is 11.6 Å². The summed E-state index contributed by atoms with van der Waals surface area (Å²) in [6, 6.07) is 5.71. The number of aromatic nitrogens is 2. The molecule has 4 nitrogen and oxygen atoms in total. The van der Waals surface area contributed by atoms with Crippen LogP contribution in [-0.4, -0.2) is 23.6 Å². The first-order chi connectivity index (χ1) is 8.28. The lowest BCUT2D eigenvalue weighted by Gasteiger charge is -2.05. The molecule has 2 rings (SSSR count). The van der Waals surface area contributed by atoms with E-state index in [2.05, 4.69) is 15.3 Å². The highest BCUT2D eigenvalue weighted by molar-refractivity contribution is 7.16. The predicted molar refractivity (Wildman–Crippen MR) is 70.1 cm³/mol. The largest absolute Gasteiger partial charge is 0.481 e. The molecule has 0 aromatic carbocycles. The van der Waals surface area contributed by atoms with Crippen molar-refractivity contribution in [3.8, 4) is 5.88 Å². The van der Waals surface area contributed by atoms with Crippen molar-refractivity contribution in [1.29, 1.82) is 0 Å². The van der Waals surface area contributed by atoms with Gasteiger partial charge in [0.15, 0.2) is 0 Å². The zero-order chi connectivity index (χ0) is 12.1. The van der Waals surface area contributed by atoms with Crippen LogP contribution >= 0.6 is 22.9 Å². The van der Waals surface area contributed by atoms with Crippen LogP contribution in [0, 0.1) is 0 Å². The van der Waals surface area contributed by atoms with Crippen molar-refractivity contribution in [3.63, 3.8) is 0 Å². The van der Waals surface area contributed by atoms with Crippen molar-refractivity contribution >= 4 is 28.8 Å². The summed E-state index contributed by atoms with van der Waals surface area (Å²) in [5.74, 6) is 1.32. The fourth-order valence-corrected chi connectivity index (χ4v) is 2.43. The van der Waals surface area contributed by atoms with Crippen LogP contribution in [0.25, 0.3) is 0 Å². The van der Waals surface area contributed by atoms with Gasteiger partial charge in [0.25, 0.3) is 0 Å². The third-order valence-electron chi connectivity index (χ3n) is 2.16. The molecule has 0 aliphatic carbocycles. The van der Waals surface area contributed by atoms with Gasteiger partial charge in [-0.3, -0.25) is 0 Å². The van der Waals surface area contributed by atoms with Gasteiger partial charge >= 0.3 is 0 Å². The van der Waals surface area contributed by atoms with Gasteiger partial charge in [0, 0.05) is 17.5 Å². The number of thiophene rings is 1. The molecule has 0 saturated carbocycles. The number of hydrogen-bond donors (Lipinski definition) is 1. The number of nitrogens with zero attached hydrogens (tertiary/aromatic N) is 2. The molecule has 0 fully saturated rings. The van der Waals surface area contributed by atoms with Crippen LogP contribution in [-0.2, 0) is 6.42 Å². The molecule has 17 heavy (non-hydrogen) atoms. The highest BCUT2D eigenvalue weighted by atomic mass is 35.5. The first kappa shape index (κ1) is 12.1. The Balaban J connectivity index is 1.85. The maximum Gasteiger partial charge on any atom is 0.218 e. The van der Waals surface area contributed by atoms with E-state index in [4.69, 9.17) is 16.3 Å². The quantitative estimate of drug-likeness (QED) is 0.907. The minimum atomic E-state index is 0.557. The van der Waals surface area contributed by atoms with Crippen molar-refractivity contribution in [2.75, 3.05) is 19.0 Å². The summed E-state index contributed by atoms with van der Waals surface area (Å²) in [4.78, 5) is 9.29. The van der Waals surface area contributed by atoms with Gasteiger partial charge < -0.3 is 10.1 Å². The Kier molecular flexibility index (Phi) is 4.17. The second-order valence-electron chi connectivity index (χ2n) is 3.33. The molecular weight excluding hydrogens is 258 g/mol. The molecule has 2 heterocycles. The standard InChI is InChI=1S/C11H12ClN3OS/c1-16-11-6-10(14-7-15-11)13-5-4-8-2-3-9(12)17-8/h2-3,6-7H,4-5H2,1H3,(H,13,14,15). The second kappa shape index (κ2) is 5.84.